The van der Waals surface area contributed by atoms with Gasteiger partial charge >= 0.3 is 0 Å². The van der Waals surface area contributed by atoms with Gasteiger partial charge in [0.05, 0.1) is 6.07 Å². The summed E-state index contributed by atoms with van der Waals surface area (Å²) in [5.41, 5.74) is 0. The van der Waals surface area contributed by atoms with Crippen LogP contribution in [0.3, 0.4) is 0 Å². The summed E-state index contributed by atoms with van der Waals surface area (Å²) in [5.74, 6) is 0.741. The van der Waals surface area contributed by atoms with Crippen LogP contribution >= 0.6 is 11.8 Å². The highest BCUT2D eigenvalue weighted by molar-refractivity contribution is 7.99. The Balaban J connectivity index is 2.40. The average molecular weight is 169 g/mol. The Labute approximate surface area is 68.4 Å². The quantitative estimate of drug-likeness (QED) is 0.478. The highest BCUT2D eigenvalue weighted by Gasteiger charge is 2.00. The number of hydrogen-bond acceptors (Lipinski definition) is 5. The molecule has 0 atom stereocenters. The molecule has 5 nitrogen and oxygen atoms in total. The van der Waals surface area contributed by atoms with Crippen molar-refractivity contribution in [3.8, 4) is 6.07 Å². The number of rotatable bonds is 3. The first-order valence-corrected chi connectivity index (χ1v) is 4.05. The summed E-state index contributed by atoms with van der Waals surface area (Å²) < 4.78 is 1.59. The molecular formula is C5H7N5S. The van der Waals surface area contributed by atoms with Gasteiger partial charge in [-0.1, -0.05) is 11.8 Å². The zero-order valence-electron chi connectivity index (χ0n) is 6.06. The smallest absolute Gasteiger partial charge is 0.209 e. The first-order valence-electron chi connectivity index (χ1n) is 3.06. The van der Waals surface area contributed by atoms with Crippen LogP contribution in [0, 0.1) is 11.3 Å². The molecule has 0 aliphatic heterocycles. The SMILES string of the molecule is Cn1nnnc1SCCC#N. The van der Waals surface area contributed by atoms with Gasteiger partial charge in [-0.25, -0.2) is 4.68 Å². The molecule has 0 N–H and O–H groups in total. The molecule has 0 aromatic carbocycles. The van der Waals surface area contributed by atoms with E-state index in [1.54, 1.807) is 11.7 Å². The van der Waals surface area contributed by atoms with Crippen LogP contribution < -0.4 is 0 Å². The van der Waals surface area contributed by atoms with E-state index in [1.165, 1.54) is 11.8 Å². The molecule has 0 saturated heterocycles. The van der Waals surface area contributed by atoms with Gasteiger partial charge in [0.25, 0.3) is 0 Å². The number of hydrogen-bond donors (Lipinski definition) is 0. The van der Waals surface area contributed by atoms with Crippen LogP contribution in [0.25, 0.3) is 0 Å². The molecule has 0 radical (unpaired) electrons. The molecule has 6 heteroatoms. The molecule has 1 aromatic heterocycles. The van der Waals surface area contributed by atoms with E-state index in [-0.39, 0.29) is 0 Å². The van der Waals surface area contributed by atoms with E-state index in [1.807, 2.05) is 0 Å². The molecule has 0 fully saturated rings. The summed E-state index contributed by atoms with van der Waals surface area (Å²) in [6.07, 6.45) is 0.525. The topological polar surface area (TPSA) is 67.4 Å². The highest BCUT2D eigenvalue weighted by Crippen LogP contribution is 2.12. The molecule has 1 rings (SSSR count). The summed E-state index contributed by atoms with van der Waals surface area (Å²) in [6.45, 7) is 0. The van der Waals surface area contributed by atoms with Gasteiger partial charge in [-0.3, -0.25) is 0 Å². The van der Waals surface area contributed by atoms with E-state index < -0.39 is 0 Å². The van der Waals surface area contributed by atoms with Gasteiger partial charge < -0.3 is 0 Å². The second-order valence-corrected chi connectivity index (χ2v) is 2.90. The largest absolute Gasteiger partial charge is 0.224 e. The van der Waals surface area contributed by atoms with Gasteiger partial charge in [0.2, 0.25) is 5.16 Å². The first kappa shape index (κ1) is 8.01. The van der Waals surface area contributed by atoms with Gasteiger partial charge in [-0.05, 0) is 10.4 Å². The van der Waals surface area contributed by atoms with Crippen LogP contribution in [0.5, 0.6) is 0 Å². The Morgan fingerprint density at radius 1 is 1.73 bits per heavy atom. The van der Waals surface area contributed by atoms with E-state index in [0.717, 1.165) is 10.9 Å². The lowest BCUT2D eigenvalue weighted by Crippen LogP contribution is -1.93. The Morgan fingerprint density at radius 3 is 3.09 bits per heavy atom. The Hall–Kier alpha value is -1.09. The molecular weight excluding hydrogens is 162 g/mol. The number of aryl methyl sites for hydroxylation is 1. The monoisotopic (exact) mass is 169 g/mol. The maximum atomic E-state index is 8.24. The molecule has 1 heterocycles. The first-order chi connectivity index (χ1) is 5.34. The second kappa shape index (κ2) is 3.93. The zero-order chi connectivity index (χ0) is 8.10. The molecule has 0 unspecified atom stereocenters. The standard InChI is InChI=1S/C5H7N5S/c1-10-5(7-8-9-10)11-4-2-3-6/h2,4H2,1H3. The van der Waals surface area contributed by atoms with Crippen molar-refractivity contribution in [3.05, 3.63) is 0 Å². The molecule has 0 aliphatic carbocycles. The fraction of sp³-hybridized carbons (Fsp3) is 0.600. The van der Waals surface area contributed by atoms with Gasteiger partial charge in [-0.15, -0.1) is 5.10 Å². The van der Waals surface area contributed by atoms with E-state index >= 15 is 0 Å². The van der Waals surface area contributed by atoms with Crippen molar-refractivity contribution in [1.29, 1.82) is 5.26 Å². The number of nitrogens with zero attached hydrogens (tertiary/aromatic N) is 5. The molecule has 0 amide bonds. The Bertz CT molecular complexity index is 262. The number of nitriles is 1. The number of thioether (sulfide) groups is 1. The van der Waals surface area contributed by atoms with Crippen molar-refractivity contribution in [1.82, 2.24) is 20.2 Å². The molecule has 1 aromatic rings. The Morgan fingerprint density at radius 2 is 2.55 bits per heavy atom. The third-order valence-electron chi connectivity index (χ3n) is 1.03. The number of tetrazole rings is 1. The predicted molar refractivity (Wildman–Crippen MR) is 39.8 cm³/mol. The summed E-state index contributed by atoms with van der Waals surface area (Å²) in [7, 11) is 1.77. The van der Waals surface area contributed by atoms with Gasteiger partial charge in [-0.2, -0.15) is 5.26 Å². The summed E-state index contributed by atoms with van der Waals surface area (Å²) >= 11 is 1.48. The molecule has 58 valence electrons. The van der Waals surface area contributed by atoms with Gasteiger partial charge in [0.15, 0.2) is 0 Å². The van der Waals surface area contributed by atoms with Crippen molar-refractivity contribution >= 4 is 11.8 Å². The molecule has 0 bridgehead atoms. The lowest BCUT2D eigenvalue weighted by Gasteiger charge is -1.92. The molecule has 11 heavy (non-hydrogen) atoms. The van der Waals surface area contributed by atoms with E-state index in [2.05, 4.69) is 21.6 Å². The highest BCUT2D eigenvalue weighted by atomic mass is 32.2. The van der Waals surface area contributed by atoms with Crippen LogP contribution in [0.4, 0.5) is 0 Å². The fourth-order valence-electron chi connectivity index (χ4n) is 0.531. The van der Waals surface area contributed by atoms with Crippen LogP contribution in [-0.2, 0) is 7.05 Å². The molecule has 0 spiro atoms. The van der Waals surface area contributed by atoms with Crippen molar-refractivity contribution in [2.45, 2.75) is 11.6 Å². The summed E-state index contributed by atoms with van der Waals surface area (Å²) in [4.78, 5) is 0. The van der Waals surface area contributed by atoms with Crippen LogP contribution in [0.15, 0.2) is 5.16 Å². The predicted octanol–water partition coefficient (Wildman–Crippen LogP) is 0.216. The average Bonchev–Trinajstić information content (AvgIpc) is 2.37. The normalized spacial score (nSPS) is 9.45. The lowest BCUT2D eigenvalue weighted by molar-refractivity contribution is 0.664. The summed E-state index contributed by atoms with van der Waals surface area (Å²) in [6, 6.07) is 2.05. The third-order valence-corrected chi connectivity index (χ3v) is 2.04. The van der Waals surface area contributed by atoms with E-state index in [0.29, 0.717) is 6.42 Å². The molecule has 0 saturated carbocycles. The maximum absolute atomic E-state index is 8.24. The van der Waals surface area contributed by atoms with Gasteiger partial charge in [0.1, 0.15) is 0 Å². The van der Waals surface area contributed by atoms with E-state index in [9.17, 15) is 0 Å². The van der Waals surface area contributed by atoms with Crippen molar-refractivity contribution in [2.75, 3.05) is 5.75 Å². The number of aromatic nitrogens is 4. The van der Waals surface area contributed by atoms with Crippen LogP contribution in [-0.4, -0.2) is 26.0 Å². The second-order valence-electron chi connectivity index (χ2n) is 1.84. The van der Waals surface area contributed by atoms with E-state index in [4.69, 9.17) is 5.26 Å². The maximum Gasteiger partial charge on any atom is 0.209 e. The van der Waals surface area contributed by atoms with Crippen molar-refractivity contribution in [2.24, 2.45) is 7.05 Å². The van der Waals surface area contributed by atoms with Crippen molar-refractivity contribution < 1.29 is 0 Å². The third kappa shape index (κ3) is 2.20. The van der Waals surface area contributed by atoms with Crippen molar-refractivity contribution in [3.63, 3.8) is 0 Å². The van der Waals surface area contributed by atoms with Crippen LogP contribution in [0.1, 0.15) is 6.42 Å². The fourth-order valence-corrected chi connectivity index (χ4v) is 1.23. The minimum Gasteiger partial charge on any atom is -0.224 e. The Kier molecular flexibility index (Phi) is 2.86. The zero-order valence-corrected chi connectivity index (χ0v) is 6.88. The molecule has 0 aliphatic rings. The minimum atomic E-state index is 0.525. The summed E-state index contributed by atoms with van der Waals surface area (Å²) in [5, 5.41) is 19.8. The van der Waals surface area contributed by atoms with Gasteiger partial charge in [0, 0.05) is 19.2 Å². The lowest BCUT2D eigenvalue weighted by atomic mass is 10.6. The van der Waals surface area contributed by atoms with Crippen LogP contribution in [0.2, 0.25) is 0 Å². The minimum absolute atomic E-state index is 0.525.